The van der Waals surface area contributed by atoms with Gasteiger partial charge in [0.15, 0.2) is 0 Å². The summed E-state index contributed by atoms with van der Waals surface area (Å²) in [4.78, 5) is 3.82. The van der Waals surface area contributed by atoms with Crippen molar-refractivity contribution < 1.29 is 8.78 Å². The number of halogens is 2. The molecule has 1 nitrogen and oxygen atoms in total. The molecule has 0 radical (unpaired) electrons. The van der Waals surface area contributed by atoms with Crippen molar-refractivity contribution in [3.05, 3.63) is 42.2 Å². The molecule has 0 atom stereocenters. The van der Waals surface area contributed by atoms with Gasteiger partial charge in [-0.3, -0.25) is 4.98 Å². The molecule has 66 valence electrons. The molecule has 0 spiro atoms. The number of hydrogen-bond donors (Lipinski definition) is 0. The van der Waals surface area contributed by atoms with E-state index in [1.165, 1.54) is 12.3 Å². The van der Waals surface area contributed by atoms with Crippen molar-refractivity contribution >= 4 is 10.8 Å². The van der Waals surface area contributed by atoms with Crippen LogP contribution in [0.3, 0.4) is 0 Å². The van der Waals surface area contributed by atoms with E-state index in [4.69, 9.17) is 0 Å². The minimum absolute atomic E-state index is 0.0469. The molecule has 13 heavy (non-hydrogen) atoms. The fourth-order valence-electron chi connectivity index (χ4n) is 1.33. The molecule has 0 bridgehead atoms. The SMILES string of the molecule is FC(F)c1cccc2ccncc12. The number of hydrogen-bond acceptors (Lipinski definition) is 1. The van der Waals surface area contributed by atoms with E-state index in [9.17, 15) is 8.78 Å². The van der Waals surface area contributed by atoms with E-state index < -0.39 is 6.43 Å². The summed E-state index contributed by atoms with van der Waals surface area (Å²) in [5.74, 6) is 0. The van der Waals surface area contributed by atoms with Gasteiger partial charge in [0.1, 0.15) is 0 Å². The predicted molar refractivity (Wildman–Crippen MR) is 46.7 cm³/mol. The van der Waals surface area contributed by atoms with Crippen molar-refractivity contribution in [2.45, 2.75) is 6.43 Å². The lowest BCUT2D eigenvalue weighted by Crippen LogP contribution is -1.86. The zero-order chi connectivity index (χ0) is 9.26. The smallest absolute Gasteiger partial charge is 0.264 e. The Morgan fingerprint density at radius 1 is 1.15 bits per heavy atom. The van der Waals surface area contributed by atoms with Crippen LogP contribution in [0.25, 0.3) is 10.8 Å². The van der Waals surface area contributed by atoms with Gasteiger partial charge >= 0.3 is 0 Å². The number of aromatic nitrogens is 1. The fourth-order valence-corrected chi connectivity index (χ4v) is 1.33. The van der Waals surface area contributed by atoms with Gasteiger partial charge in [0.2, 0.25) is 0 Å². The lowest BCUT2D eigenvalue weighted by Gasteiger charge is -2.03. The van der Waals surface area contributed by atoms with Crippen LogP contribution in [0.1, 0.15) is 12.0 Å². The van der Waals surface area contributed by atoms with Crippen LogP contribution in [-0.4, -0.2) is 4.98 Å². The summed E-state index contributed by atoms with van der Waals surface area (Å²) in [5, 5.41) is 1.33. The molecule has 1 aromatic heterocycles. The van der Waals surface area contributed by atoms with Gasteiger partial charge in [0, 0.05) is 23.3 Å². The molecule has 3 heteroatoms. The molecular weight excluding hydrogens is 172 g/mol. The van der Waals surface area contributed by atoms with Crippen LogP contribution in [0.5, 0.6) is 0 Å². The topological polar surface area (TPSA) is 12.9 Å². The van der Waals surface area contributed by atoms with Crippen molar-refractivity contribution in [1.82, 2.24) is 4.98 Å². The third kappa shape index (κ3) is 1.37. The van der Waals surface area contributed by atoms with Crippen molar-refractivity contribution in [3.63, 3.8) is 0 Å². The summed E-state index contributed by atoms with van der Waals surface area (Å²) in [5.41, 5.74) is 0.0469. The van der Waals surface area contributed by atoms with E-state index in [1.807, 2.05) is 0 Å². The van der Waals surface area contributed by atoms with Crippen LogP contribution < -0.4 is 0 Å². The van der Waals surface area contributed by atoms with E-state index in [0.717, 1.165) is 5.39 Å². The first-order valence-corrected chi connectivity index (χ1v) is 3.90. The molecule has 0 unspecified atom stereocenters. The molecule has 1 aromatic carbocycles. The van der Waals surface area contributed by atoms with Gasteiger partial charge in [-0.2, -0.15) is 0 Å². The Hall–Kier alpha value is -1.51. The van der Waals surface area contributed by atoms with Gasteiger partial charge in [0.25, 0.3) is 6.43 Å². The van der Waals surface area contributed by atoms with Crippen LogP contribution in [-0.2, 0) is 0 Å². The van der Waals surface area contributed by atoms with Crippen LogP contribution in [0.4, 0.5) is 8.78 Å². The van der Waals surface area contributed by atoms with E-state index in [-0.39, 0.29) is 5.56 Å². The fraction of sp³-hybridized carbons (Fsp3) is 0.100. The maximum absolute atomic E-state index is 12.5. The second-order valence-electron chi connectivity index (χ2n) is 2.74. The molecule has 0 saturated carbocycles. The normalized spacial score (nSPS) is 11.0. The van der Waals surface area contributed by atoms with Gasteiger partial charge < -0.3 is 0 Å². The van der Waals surface area contributed by atoms with E-state index in [1.54, 1.807) is 24.4 Å². The summed E-state index contributed by atoms with van der Waals surface area (Å²) < 4.78 is 24.9. The third-order valence-electron chi connectivity index (χ3n) is 1.95. The summed E-state index contributed by atoms with van der Waals surface area (Å²) >= 11 is 0. The average Bonchev–Trinajstić information content (AvgIpc) is 2.17. The van der Waals surface area contributed by atoms with Gasteiger partial charge in [-0.1, -0.05) is 18.2 Å². The Bertz CT molecular complexity index is 421. The zero-order valence-corrected chi connectivity index (χ0v) is 6.74. The van der Waals surface area contributed by atoms with Crippen molar-refractivity contribution in [3.8, 4) is 0 Å². The molecule has 2 aromatic rings. The highest BCUT2D eigenvalue weighted by Crippen LogP contribution is 2.26. The first-order valence-electron chi connectivity index (χ1n) is 3.90. The van der Waals surface area contributed by atoms with Crippen LogP contribution in [0.2, 0.25) is 0 Å². The van der Waals surface area contributed by atoms with Crippen LogP contribution >= 0.6 is 0 Å². The molecule has 0 aliphatic heterocycles. The molecule has 0 N–H and O–H groups in total. The van der Waals surface area contributed by atoms with Crippen LogP contribution in [0, 0.1) is 0 Å². The number of fused-ring (bicyclic) bond motifs is 1. The molecule has 1 heterocycles. The van der Waals surface area contributed by atoms with Gasteiger partial charge in [-0.15, -0.1) is 0 Å². The van der Waals surface area contributed by atoms with E-state index >= 15 is 0 Å². The Balaban J connectivity index is 2.76. The van der Waals surface area contributed by atoms with Crippen molar-refractivity contribution in [2.75, 3.05) is 0 Å². The summed E-state index contributed by atoms with van der Waals surface area (Å²) in [7, 11) is 0. The third-order valence-corrected chi connectivity index (χ3v) is 1.95. The lowest BCUT2D eigenvalue weighted by atomic mass is 10.1. The maximum atomic E-state index is 12.5. The Morgan fingerprint density at radius 3 is 2.77 bits per heavy atom. The second kappa shape index (κ2) is 3.09. The Kier molecular flexibility index (Phi) is 1.93. The molecule has 0 amide bonds. The Labute approximate surface area is 74.0 Å². The highest BCUT2D eigenvalue weighted by molar-refractivity contribution is 5.84. The van der Waals surface area contributed by atoms with Gasteiger partial charge in [0.05, 0.1) is 0 Å². The summed E-state index contributed by atoms with van der Waals surface area (Å²) in [6.45, 7) is 0. The molecule has 2 rings (SSSR count). The predicted octanol–water partition coefficient (Wildman–Crippen LogP) is 3.17. The highest BCUT2D eigenvalue weighted by Gasteiger charge is 2.09. The minimum Gasteiger partial charge on any atom is -0.264 e. The minimum atomic E-state index is -2.44. The first-order chi connectivity index (χ1) is 6.29. The van der Waals surface area contributed by atoms with Crippen molar-refractivity contribution in [2.24, 2.45) is 0 Å². The Morgan fingerprint density at radius 2 is 2.00 bits per heavy atom. The summed E-state index contributed by atoms with van der Waals surface area (Å²) in [6.07, 6.45) is 0.627. The largest absolute Gasteiger partial charge is 0.264 e. The monoisotopic (exact) mass is 179 g/mol. The highest BCUT2D eigenvalue weighted by atomic mass is 19.3. The van der Waals surface area contributed by atoms with Crippen molar-refractivity contribution in [1.29, 1.82) is 0 Å². The number of nitrogens with zero attached hydrogens (tertiary/aromatic N) is 1. The second-order valence-corrected chi connectivity index (χ2v) is 2.74. The van der Waals surface area contributed by atoms with Gasteiger partial charge in [-0.05, 0) is 11.5 Å². The average molecular weight is 179 g/mol. The molecule has 0 aliphatic carbocycles. The standard InChI is InChI=1S/C10H7F2N/c11-10(12)8-3-1-2-7-4-5-13-6-9(7)8/h1-6,10H. The quantitative estimate of drug-likeness (QED) is 0.655. The first kappa shape index (κ1) is 8.10. The lowest BCUT2D eigenvalue weighted by molar-refractivity contribution is 0.153. The summed E-state index contributed by atoms with van der Waals surface area (Å²) in [6, 6.07) is 6.57. The molecule has 0 fully saturated rings. The molecule has 0 aliphatic rings. The van der Waals surface area contributed by atoms with E-state index in [2.05, 4.69) is 4.98 Å². The van der Waals surface area contributed by atoms with Gasteiger partial charge in [-0.25, -0.2) is 8.78 Å². The number of alkyl halides is 2. The number of benzene rings is 1. The molecule has 0 saturated heterocycles. The number of pyridine rings is 1. The zero-order valence-electron chi connectivity index (χ0n) is 6.74. The van der Waals surface area contributed by atoms with Crippen LogP contribution in [0.15, 0.2) is 36.7 Å². The maximum Gasteiger partial charge on any atom is 0.264 e. The number of rotatable bonds is 1. The van der Waals surface area contributed by atoms with E-state index in [0.29, 0.717) is 5.39 Å². The molecular formula is C10H7F2N.